The van der Waals surface area contributed by atoms with Crippen LogP contribution >= 0.6 is 0 Å². The van der Waals surface area contributed by atoms with Crippen molar-refractivity contribution in [3.05, 3.63) is 0 Å². The molecule has 14 heavy (non-hydrogen) atoms. The molecule has 0 rings (SSSR count). The van der Waals surface area contributed by atoms with Gasteiger partial charge in [0.05, 0.1) is 5.75 Å². The van der Waals surface area contributed by atoms with Crippen LogP contribution in [0.25, 0.3) is 0 Å². The number of hydrogen-bond donors (Lipinski definition) is 1. The second kappa shape index (κ2) is 6.14. The quantitative estimate of drug-likeness (QED) is 0.682. The van der Waals surface area contributed by atoms with E-state index in [2.05, 4.69) is 0 Å². The van der Waals surface area contributed by atoms with E-state index in [1.54, 1.807) is 13.8 Å². The molecule has 0 saturated carbocycles. The first-order valence-corrected chi connectivity index (χ1v) is 6.66. The molecule has 0 radical (unpaired) electrons. The van der Waals surface area contributed by atoms with Crippen molar-refractivity contribution in [2.24, 2.45) is 0 Å². The smallest absolute Gasteiger partial charge is 0.161 e. The number of hydrogen-bond acceptors (Lipinski definition) is 4. The fraction of sp³-hybridized carbons (Fsp3) is 0.889. The summed E-state index contributed by atoms with van der Waals surface area (Å²) in [5, 5.41) is 9.11. The number of ketones is 1. The van der Waals surface area contributed by atoms with E-state index in [4.69, 9.17) is 5.11 Å². The topological polar surface area (TPSA) is 71.4 Å². The number of Topliss-reactive ketones (excluding diaryl/α,β-unsaturated/α-hetero) is 1. The predicted molar refractivity (Wildman–Crippen MR) is 54.9 cm³/mol. The van der Waals surface area contributed by atoms with Crippen LogP contribution in [-0.2, 0) is 14.6 Å². The molecule has 1 atom stereocenters. The summed E-state index contributed by atoms with van der Waals surface area (Å²) in [6, 6.07) is 0. The summed E-state index contributed by atoms with van der Waals surface area (Å²) in [5.74, 6) is -0.123. The Balaban J connectivity index is 3.81. The molecular weight excluding hydrogens is 204 g/mol. The summed E-state index contributed by atoms with van der Waals surface area (Å²) in [7, 11) is -2.98. The number of carbonyl (C=O) groups is 1. The minimum absolute atomic E-state index is 0.0334. The van der Waals surface area contributed by atoms with Crippen molar-refractivity contribution in [1.82, 2.24) is 0 Å². The number of carbonyl (C=O) groups excluding carboxylic acids is 1. The third-order valence-corrected chi connectivity index (χ3v) is 3.87. The van der Waals surface area contributed by atoms with E-state index in [1.165, 1.54) is 0 Å². The van der Waals surface area contributed by atoms with Crippen molar-refractivity contribution in [3.8, 4) is 0 Å². The summed E-state index contributed by atoms with van der Waals surface area (Å²) >= 11 is 0. The Hall–Kier alpha value is -0.420. The van der Waals surface area contributed by atoms with Gasteiger partial charge in [-0.15, -0.1) is 0 Å². The minimum Gasteiger partial charge on any atom is -0.385 e. The van der Waals surface area contributed by atoms with Crippen LogP contribution in [0.1, 0.15) is 33.1 Å². The highest BCUT2D eigenvalue weighted by Gasteiger charge is 2.14. The van der Waals surface area contributed by atoms with Crippen molar-refractivity contribution in [1.29, 1.82) is 0 Å². The number of rotatable bonds is 7. The van der Waals surface area contributed by atoms with Gasteiger partial charge in [-0.05, 0) is 12.8 Å². The van der Waals surface area contributed by atoms with Gasteiger partial charge >= 0.3 is 0 Å². The Morgan fingerprint density at radius 3 is 2.36 bits per heavy atom. The van der Waals surface area contributed by atoms with Crippen molar-refractivity contribution in [2.75, 3.05) is 11.5 Å². The molecule has 0 aliphatic carbocycles. The maximum atomic E-state index is 11.1. The van der Waals surface area contributed by atoms with Crippen LogP contribution in [0, 0.1) is 0 Å². The van der Waals surface area contributed by atoms with Gasteiger partial charge in [-0.1, -0.05) is 13.8 Å². The van der Waals surface area contributed by atoms with Gasteiger partial charge in [0, 0.05) is 12.2 Å². The molecule has 0 amide bonds. The fourth-order valence-electron chi connectivity index (χ4n) is 1.00. The van der Waals surface area contributed by atoms with Gasteiger partial charge in [-0.25, -0.2) is 8.42 Å². The second-order valence-corrected chi connectivity index (χ2v) is 5.70. The van der Waals surface area contributed by atoms with Crippen molar-refractivity contribution in [3.63, 3.8) is 0 Å². The van der Waals surface area contributed by atoms with Gasteiger partial charge in [-0.3, -0.25) is 4.79 Å². The van der Waals surface area contributed by atoms with Gasteiger partial charge in [0.25, 0.3) is 0 Å². The summed E-state index contributed by atoms with van der Waals surface area (Å²) in [6.45, 7) is 3.30. The highest BCUT2D eigenvalue weighted by Crippen LogP contribution is 2.02. The Bertz CT molecular complexity index is 269. The van der Waals surface area contributed by atoms with E-state index in [0.29, 0.717) is 12.8 Å². The van der Waals surface area contributed by atoms with Gasteiger partial charge in [-0.2, -0.15) is 0 Å². The molecule has 1 unspecified atom stereocenters. The van der Waals surface area contributed by atoms with Gasteiger partial charge < -0.3 is 5.11 Å². The van der Waals surface area contributed by atoms with E-state index in [-0.39, 0.29) is 23.7 Å². The summed E-state index contributed by atoms with van der Waals surface area (Å²) in [6.07, 6.45) is -0.0843. The first kappa shape index (κ1) is 13.6. The molecule has 0 saturated heterocycles. The first-order chi connectivity index (χ1) is 6.43. The lowest BCUT2D eigenvalue weighted by atomic mass is 10.1. The van der Waals surface area contributed by atoms with Crippen LogP contribution in [0.2, 0.25) is 0 Å². The molecule has 0 aromatic carbocycles. The summed E-state index contributed by atoms with van der Waals surface area (Å²) in [4.78, 5) is 11.1. The molecule has 1 N–H and O–H groups in total. The number of sulfone groups is 1. The van der Waals surface area contributed by atoms with E-state index in [1.807, 2.05) is 0 Å². The molecule has 84 valence electrons. The average Bonchev–Trinajstić information content (AvgIpc) is 2.16. The maximum Gasteiger partial charge on any atom is 0.161 e. The third kappa shape index (κ3) is 5.34. The number of aliphatic hydroxyl groups is 1. The normalized spacial score (nSPS) is 13.9. The summed E-state index contributed by atoms with van der Waals surface area (Å²) < 4.78 is 22.1. The molecule has 0 bridgehead atoms. The van der Waals surface area contributed by atoms with Crippen LogP contribution in [0.15, 0.2) is 0 Å². The molecule has 0 aromatic rings. The van der Waals surface area contributed by atoms with E-state index >= 15 is 0 Å². The largest absolute Gasteiger partial charge is 0.385 e. The monoisotopic (exact) mass is 222 g/mol. The predicted octanol–water partition coefficient (Wildman–Crippen LogP) is 0.541. The van der Waals surface area contributed by atoms with Crippen LogP contribution < -0.4 is 0 Å². The molecule has 0 fully saturated rings. The lowest BCUT2D eigenvalue weighted by Gasteiger charge is -2.05. The zero-order chi connectivity index (χ0) is 11.2. The van der Waals surface area contributed by atoms with Crippen molar-refractivity contribution >= 4 is 15.6 Å². The van der Waals surface area contributed by atoms with Gasteiger partial charge in [0.15, 0.2) is 5.78 Å². The third-order valence-electron chi connectivity index (χ3n) is 2.08. The van der Waals surface area contributed by atoms with Gasteiger partial charge in [0.1, 0.15) is 15.9 Å². The average molecular weight is 222 g/mol. The second-order valence-electron chi connectivity index (χ2n) is 3.23. The van der Waals surface area contributed by atoms with Gasteiger partial charge in [0.2, 0.25) is 0 Å². The van der Waals surface area contributed by atoms with Crippen LogP contribution in [0.3, 0.4) is 0 Å². The first-order valence-electron chi connectivity index (χ1n) is 4.84. The fourth-order valence-corrected chi connectivity index (χ4v) is 1.88. The van der Waals surface area contributed by atoms with E-state index < -0.39 is 15.9 Å². The van der Waals surface area contributed by atoms with E-state index in [0.717, 1.165) is 0 Å². The zero-order valence-corrected chi connectivity index (χ0v) is 9.51. The molecule has 0 aliphatic heterocycles. The minimum atomic E-state index is -2.98. The van der Waals surface area contributed by atoms with Crippen molar-refractivity contribution in [2.45, 2.75) is 39.2 Å². The van der Waals surface area contributed by atoms with Crippen LogP contribution in [-0.4, -0.2) is 36.9 Å². The Morgan fingerprint density at radius 1 is 1.36 bits per heavy atom. The SMILES string of the molecule is CCC(O)C(=O)CCCS(=O)(=O)CC. The molecule has 0 heterocycles. The zero-order valence-electron chi connectivity index (χ0n) is 8.69. The van der Waals surface area contributed by atoms with Crippen LogP contribution in [0.4, 0.5) is 0 Å². The Labute approximate surface area is 85.2 Å². The summed E-state index contributed by atoms with van der Waals surface area (Å²) in [5.41, 5.74) is 0. The molecule has 0 aliphatic rings. The molecule has 4 nitrogen and oxygen atoms in total. The van der Waals surface area contributed by atoms with Crippen molar-refractivity contribution < 1.29 is 18.3 Å². The molecule has 5 heteroatoms. The lowest BCUT2D eigenvalue weighted by molar-refractivity contribution is -0.127. The highest BCUT2D eigenvalue weighted by atomic mass is 32.2. The Kier molecular flexibility index (Phi) is 5.95. The standard InChI is InChI=1S/C9H18O4S/c1-3-8(10)9(11)6-5-7-14(12,13)4-2/h8,10H,3-7H2,1-2H3. The van der Waals surface area contributed by atoms with E-state index in [9.17, 15) is 13.2 Å². The highest BCUT2D eigenvalue weighted by molar-refractivity contribution is 7.91. The maximum absolute atomic E-state index is 11.1. The van der Waals surface area contributed by atoms with Crippen LogP contribution in [0.5, 0.6) is 0 Å². The molecule has 0 spiro atoms. The number of aliphatic hydroxyl groups excluding tert-OH is 1. The lowest BCUT2D eigenvalue weighted by Crippen LogP contribution is -2.20. The molecule has 0 aromatic heterocycles. The molecular formula is C9H18O4S. The Morgan fingerprint density at radius 2 is 1.93 bits per heavy atom.